The zero-order valence-corrected chi connectivity index (χ0v) is 10.3. The summed E-state index contributed by atoms with van der Waals surface area (Å²) in [4.78, 5) is 11.0. The highest BCUT2D eigenvalue weighted by molar-refractivity contribution is 5.68. The van der Waals surface area contributed by atoms with Gasteiger partial charge in [-0.25, -0.2) is 9.95 Å². The fraction of sp³-hybridized carbons (Fsp3) is 0.250. The Balaban J connectivity index is 2.59. The molecule has 0 aliphatic rings. The second-order valence-electron chi connectivity index (χ2n) is 3.50. The summed E-state index contributed by atoms with van der Waals surface area (Å²) in [6.45, 7) is 0. The van der Waals surface area contributed by atoms with Gasteiger partial charge < -0.3 is 18.7 Å². The lowest BCUT2D eigenvalue weighted by molar-refractivity contribution is 0.324. The monoisotopic (exact) mass is 251 g/mol. The third kappa shape index (κ3) is 2.04. The van der Waals surface area contributed by atoms with Gasteiger partial charge in [0.15, 0.2) is 11.5 Å². The molecule has 1 aromatic heterocycles. The molecule has 0 saturated carbocycles. The molecule has 0 bridgehead atoms. The number of aromatic nitrogens is 1. The maximum atomic E-state index is 11.0. The summed E-state index contributed by atoms with van der Waals surface area (Å²) >= 11 is 0. The predicted molar refractivity (Wildman–Crippen MR) is 64.4 cm³/mol. The van der Waals surface area contributed by atoms with Crippen molar-refractivity contribution in [3.8, 4) is 28.5 Å². The number of nitrogens with one attached hydrogen (secondary N) is 1. The summed E-state index contributed by atoms with van der Waals surface area (Å²) < 4.78 is 20.3. The Morgan fingerprint density at radius 3 is 2.00 bits per heavy atom. The normalized spacial score (nSPS) is 10.2. The molecule has 0 amide bonds. The molecule has 0 radical (unpaired) electrons. The highest BCUT2D eigenvalue weighted by atomic mass is 16.5. The minimum atomic E-state index is -0.446. The van der Waals surface area contributed by atoms with Gasteiger partial charge in [-0.1, -0.05) is 0 Å². The molecule has 6 heteroatoms. The molecule has 0 atom stereocenters. The second kappa shape index (κ2) is 4.87. The molecule has 1 N–H and O–H groups in total. The first-order valence-corrected chi connectivity index (χ1v) is 5.18. The molecule has 18 heavy (non-hydrogen) atoms. The molecule has 0 aliphatic heterocycles. The van der Waals surface area contributed by atoms with Crippen molar-refractivity contribution in [2.45, 2.75) is 0 Å². The molecule has 1 aromatic carbocycles. The second-order valence-corrected chi connectivity index (χ2v) is 3.50. The smallest absolute Gasteiger partial charge is 0.357 e. The average molecular weight is 251 g/mol. The van der Waals surface area contributed by atoms with Crippen molar-refractivity contribution in [3.05, 3.63) is 28.6 Å². The Hall–Kier alpha value is -2.37. The van der Waals surface area contributed by atoms with Crippen molar-refractivity contribution in [3.63, 3.8) is 0 Å². The SMILES string of the molecule is COc1cc(-c2cc(=O)o[nH]2)cc(OC)c1OC. The first-order valence-electron chi connectivity index (χ1n) is 5.18. The van der Waals surface area contributed by atoms with Gasteiger partial charge in [0, 0.05) is 5.56 Å². The molecular formula is C12H13NO5. The van der Waals surface area contributed by atoms with E-state index in [0.717, 1.165) is 0 Å². The molecule has 96 valence electrons. The third-order valence-electron chi connectivity index (χ3n) is 2.50. The van der Waals surface area contributed by atoms with Crippen LogP contribution in [-0.4, -0.2) is 26.5 Å². The number of hydrogen-bond acceptors (Lipinski definition) is 5. The van der Waals surface area contributed by atoms with Crippen LogP contribution in [0.1, 0.15) is 0 Å². The van der Waals surface area contributed by atoms with E-state index in [-0.39, 0.29) is 0 Å². The lowest BCUT2D eigenvalue weighted by Crippen LogP contribution is -1.95. The molecule has 0 saturated heterocycles. The Morgan fingerprint density at radius 2 is 1.61 bits per heavy atom. The maximum Gasteiger partial charge on any atom is 0.357 e. The van der Waals surface area contributed by atoms with Gasteiger partial charge >= 0.3 is 5.63 Å². The molecule has 2 rings (SSSR count). The minimum absolute atomic E-state index is 0.446. The standard InChI is InChI=1S/C12H13NO5/c1-15-9-4-7(8-6-11(14)18-13-8)5-10(16-2)12(9)17-3/h4-6,13H,1-3H3. The summed E-state index contributed by atoms with van der Waals surface area (Å²) in [5.74, 6) is 1.51. The van der Waals surface area contributed by atoms with Crippen molar-refractivity contribution in [1.29, 1.82) is 0 Å². The number of methoxy groups -OCH3 is 3. The van der Waals surface area contributed by atoms with Crippen molar-refractivity contribution >= 4 is 0 Å². The zero-order valence-electron chi connectivity index (χ0n) is 10.3. The third-order valence-corrected chi connectivity index (χ3v) is 2.50. The van der Waals surface area contributed by atoms with Crippen LogP contribution in [0.4, 0.5) is 0 Å². The van der Waals surface area contributed by atoms with Gasteiger partial charge in [0.25, 0.3) is 0 Å². The molecule has 0 fully saturated rings. The minimum Gasteiger partial charge on any atom is -0.493 e. The molecule has 0 aliphatic carbocycles. The van der Waals surface area contributed by atoms with Gasteiger partial charge in [-0.3, -0.25) is 0 Å². The maximum absolute atomic E-state index is 11.0. The van der Waals surface area contributed by atoms with Crippen LogP contribution in [0.25, 0.3) is 11.3 Å². The summed E-state index contributed by atoms with van der Waals surface area (Å²) in [7, 11) is 4.58. The van der Waals surface area contributed by atoms with Crippen molar-refractivity contribution < 1.29 is 18.7 Å². The lowest BCUT2D eigenvalue weighted by Gasteiger charge is -2.13. The van der Waals surface area contributed by atoms with E-state index in [1.54, 1.807) is 12.1 Å². The molecule has 0 spiro atoms. The van der Waals surface area contributed by atoms with E-state index in [1.165, 1.54) is 27.4 Å². The topological polar surface area (TPSA) is 73.7 Å². The van der Waals surface area contributed by atoms with E-state index in [4.69, 9.17) is 14.2 Å². The van der Waals surface area contributed by atoms with E-state index >= 15 is 0 Å². The van der Waals surface area contributed by atoms with Gasteiger partial charge in [0.1, 0.15) is 0 Å². The van der Waals surface area contributed by atoms with Crippen LogP contribution >= 0.6 is 0 Å². The van der Waals surface area contributed by atoms with E-state index in [2.05, 4.69) is 9.68 Å². The van der Waals surface area contributed by atoms with E-state index in [1.807, 2.05) is 0 Å². The quantitative estimate of drug-likeness (QED) is 0.894. The average Bonchev–Trinajstić information content (AvgIpc) is 2.83. The lowest BCUT2D eigenvalue weighted by atomic mass is 10.1. The van der Waals surface area contributed by atoms with Crippen LogP contribution in [-0.2, 0) is 0 Å². The van der Waals surface area contributed by atoms with Gasteiger partial charge in [0.2, 0.25) is 5.75 Å². The van der Waals surface area contributed by atoms with Crippen molar-refractivity contribution in [2.75, 3.05) is 21.3 Å². The van der Waals surface area contributed by atoms with Gasteiger partial charge in [-0.05, 0) is 12.1 Å². The van der Waals surface area contributed by atoms with Crippen LogP contribution in [0.15, 0.2) is 27.5 Å². The number of rotatable bonds is 4. The molecule has 0 unspecified atom stereocenters. The van der Waals surface area contributed by atoms with E-state index in [9.17, 15) is 4.79 Å². The van der Waals surface area contributed by atoms with E-state index < -0.39 is 5.63 Å². The van der Waals surface area contributed by atoms with Crippen LogP contribution in [0, 0.1) is 0 Å². The van der Waals surface area contributed by atoms with Crippen LogP contribution in [0.3, 0.4) is 0 Å². The largest absolute Gasteiger partial charge is 0.493 e. The van der Waals surface area contributed by atoms with Gasteiger partial charge in [0.05, 0.1) is 33.1 Å². The number of hydrogen-bond donors (Lipinski definition) is 1. The van der Waals surface area contributed by atoms with Crippen LogP contribution in [0.2, 0.25) is 0 Å². The Bertz CT molecular complexity index is 574. The number of benzene rings is 1. The molecule has 6 nitrogen and oxygen atoms in total. The molecule has 1 heterocycles. The van der Waals surface area contributed by atoms with Gasteiger partial charge in [-0.15, -0.1) is 0 Å². The summed E-state index contributed by atoms with van der Waals surface area (Å²) in [6, 6.07) is 4.80. The Morgan fingerprint density at radius 1 is 1.00 bits per heavy atom. The molecule has 2 aromatic rings. The highest BCUT2D eigenvalue weighted by Gasteiger charge is 2.15. The summed E-state index contributed by atoms with van der Waals surface area (Å²) in [5.41, 5.74) is 0.799. The molecular weight excluding hydrogens is 238 g/mol. The number of H-pyrrole nitrogens is 1. The zero-order chi connectivity index (χ0) is 13.1. The van der Waals surface area contributed by atoms with E-state index in [0.29, 0.717) is 28.5 Å². The Kier molecular flexibility index (Phi) is 3.27. The first-order chi connectivity index (χ1) is 8.69. The fourth-order valence-electron chi connectivity index (χ4n) is 1.66. The first kappa shape index (κ1) is 12.1. The van der Waals surface area contributed by atoms with Crippen LogP contribution in [0.5, 0.6) is 17.2 Å². The van der Waals surface area contributed by atoms with Crippen molar-refractivity contribution in [2.24, 2.45) is 0 Å². The predicted octanol–water partition coefficient (Wildman–Crippen LogP) is 1.66. The van der Waals surface area contributed by atoms with Gasteiger partial charge in [-0.2, -0.15) is 0 Å². The van der Waals surface area contributed by atoms with Crippen molar-refractivity contribution in [1.82, 2.24) is 5.16 Å². The fourth-order valence-corrected chi connectivity index (χ4v) is 1.66. The summed E-state index contributed by atoms with van der Waals surface area (Å²) in [5, 5.41) is 2.52. The highest BCUT2D eigenvalue weighted by Crippen LogP contribution is 2.40. The van der Waals surface area contributed by atoms with Crippen LogP contribution < -0.4 is 19.8 Å². The number of ether oxygens (including phenoxy) is 3. The number of aromatic amines is 1. The summed E-state index contributed by atoms with van der Waals surface area (Å²) in [6.07, 6.45) is 0. The Labute approximate surface area is 103 Å².